The highest BCUT2D eigenvalue weighted by Crippen LogP contribution is 2.29. The number of amides is 1. The van der Waals surface area contributed by atoms with Crippen LogP contribution in [0, 0.1) is 11.3 Å². The van der Waals surface area contributed by atoms with Crippen molar-refractivity contribution in [2.75, 3.05) is 27.3 Å². The van der Waals surface area contributed by atoms with Crippen LogP contribution in [-0.2, 0) is 11.3 Å². The van der Waals surface area contributed by atoms with Crippen molar-refractivity contribution in [1.29, 1.82) is 5.26 Å². The molecule has 0 aliphatic carbocycles. The first-order valence-corrected chi connectivity index (χ1v) is 11.7. The molecule has 1 fully saturated rings. The van der Waals surface area contributed by atoms with Gasteiger partial charge in [0.15, 0.2) is 17.6 Å². The summed E-state index contributed by atoms with van der Waals surface area (Å²) in [6, 6.07) is 12.0. The Morgan fingerprint density at radius 3 is 2.44 bits per heavy atom. The molecule has 36 heavy (non-hydrogen) atoms. The van der Waals surface area contributed by atoms with Gasteiger partial charge in [0.25, 0.3) is 5.56 Å². The SMILES string of the molecule is COc1ccc(Cn2c(=O)c3cc(OC(C)C#N)ccc3n(C3CCN(C=O)CC3)c2=O)cc1OC. The Morgan fingerprint density at radius 2 is 1.81 bits per heavy atom. The van der Waals surface area contributed by atoms with E-state index in [4.69, 9.17) is 19.5 Å². The van der Waals surface area contributed by atoms with Gasteiger partial charge in [0.1, 0.15) is 11.8 Å². The van der Waals surface area contributed by atoms with Crippen LogP contribution in [0.1, 0.15) is 31.4 Å². The second-order valence-corrected chi connectivity index (χ2v) is 8.67. The zero-order chi connectivity index (χ0) is 25.8. The molecular formula is C26H28N4O6. The molecule has 0 bridgehead atoms. The summed E-state index contributed by atoms with van der Waals surface area (Å²) >= 11 is 0. The van der Waals surface area contributed by atoms with Crippen molar-refractivity contribution in [1.82, 2.24) is 14.0 Å². The number of fused-ring (bicyclic) bond motifs is 1. The number of piperidine rings is 1. The molecule has 10 nitrogen and oxygen atoms in total. The van der Waals surface area contributed by atoms with Crippen LogP contribution in [0.4, 0.5) is 0 Å². The summed E-state index contributed by atoms with van der Waals surface area (Å²) in [5.41, 5.74) is 0.307. The van der Waals surface area contributed by atoms with Crippen molar-refractivity contribution >= 4 is 17.3 Å². The van der Waals surface area contributed by atoms with Crippen LogP contribution >= 0.6 is 0 Å². The van der Waals surface area contributed by atoms with Gasteiger partial charge in [-0.25, -0.2) is 4.79 Å². The van der Waals surface area contributed by atoms with Crippen LogP contribution in [0.5, 0.6) is 17.2 Å². The van der Waals surface area contributed by atoms with Gasteiger partial charge in [-0.2, -0.15) is 5.26 Å². The van der Waals surface area contributed by atoms with E-state index in [1.807, 2.05) is 6.07 Å². The average Bonchev–Trinajstić information content (AvgIpc) is 2.91. The fourth-order valence-electron chi connectivity index (χ4n) is 4.57. The number of carbonyl (C=O) groups is 1. The minimum Gasteiger partial charge on any atom is -0.493 e. The fourth-order valence-corrected chi connectivity index (χ4v) is 4.57. The predicted octanol–water partition coefficient (Wildman–Crippen LogP) is 2.31. The predicted molar refractivity (Wildman–Crippen MR) is 133 cm³/mol. The van der Waals surface area contributed by atoms with E-state index in [9.17, 15) is 14.4 Å². The number of benzene rings is 2. The van der Waals surface area contributed by atoms with Crippen molar-refractivity contribution in [3.05, 3.63) is 62.8 Å². The first kappa shape index (κ1) is 24.9. The lowest BCUT2D eigenvalue weighted by molar-refractivity contribution is -0.119. The number of likely N-dealkylation sites (tertiary alicyclic amines) is 1. The Labute approximate surface area is 207 Å². The van der Waals surface area contributed by atoms with Crippen molar-refractivity contribution in [3.8, 4) is 23.3 Å². The highest BCUT2D eigenvalue weighted by atomic mass is 16.5. The number of carbonyl (C=O) groups excluding carboxylic acids is 1. The lowest BCUT2D eigenvalue weighted by atomic mass is 10.0. The molecule has 1 aliphatic rings. The minimum atomic E-state index is -0.699. The zero-order valence-corrected chi connectivity index (χ0v) is 20.5. The Balaban J connectivity index is 1.87. The number of ether oxygens (including phenoxy) is 3. The molecule has 3 aromatic rings. The smallest absolute Gasteiger partial charge is 0.332 e. The summed E-state index contributed by atoms with van der Waals surface area (Å²) < 4.78 is 19.1. The highest BCUT2D eigenvalue weighted by molar-refractivity contribution is 5.80. The van der Waals surface area contributed by atoms with Gasteiger partial charge < -0.3 is 19.1 Å². The van der Waals surface area contributed by atoms with Gasteiger partial charge in [0.05, 0.1) is 31.7 Å². The first-order chi connectivity index (χ1) is 17.4. The van der Waals surface area contributed by atoms with Crippen LogP contribution in [0.25, 0.3) is 10.9 Å². The molecule has 0 spiro atoms. The molecule has 0 N–H and O–H groups in total. The Kier molecular flexibility index (Phi) is 7.29. The van der Waals surface area contributed by atoms with Gasteiger partial charge in [-0.3, -0.25) is 18.7 Å². The maximum absolute atomic E-state index is 13.8. The molecule has 0 radical (unpaired) electrons. The summed E-state index contributed by atoms with van der Waals surface area (Å²) in [7, 11) is 3.05. The third-order valence-electron chi connectivity index (χ3n) is 6.44. The van der Waals surface area contributed by atoms with Crippen molar-refractivity contribution in [3.63, 3.8) is 0 Å². The normalized spacial score (nSPS) is 14.8. The average molecular weight is 493 g/mol. The number of aromatic nitrogens is 2. The zero-order valence-electron chi connectivity index (χ0n) is 20.5. The highest BCUT2D eigenvalue weighted by Gasteiger charge is 2.25. The molecule has 1 aromatic heterocycles. The summed E-state index contributed by atoms with van der Waals surface area (Å²) in [4.78, 5) is 40.2. The van der Waals surface area contributed by atoms with E-state index in [1.165, 1.54) is 18.8 Å². The molecule has 4 rings (SSSR count). The number of nitrogens with zero attached hydrogens (tertiary/aromatic N) is 4. The van der Waals surface area contributed by atoms with Crippen molar-refractivity contribution in [2.45, 2.75) is 38.5 Å². The summed E-state index contributed by atoms with van der Waals surface area (Å²) in [5, 5.41) is 9.43. The van der Waals surface area contributed by atoms with Crippen LogP contribution in [0.3, 0.4) is 0 Å². The molecule has 188 valence electrons. The van der Waals surface area contributed by atoms with Crippen LogP contribution < -0.4 is 25.5 Å². The van der Waals surface area contributed by atoms with E-state index in [1.54, 1.807) is 52.8 Å². The molecular weight excluding hydrogens is 464 g/mol. The molecule has 1 saturated heterocycles. The second kappa shape index (κ2) is 10.6. The topological polar surface area (TPSA) is 116 Å². The molecule has 1 unspecified atom stereocenters. The van der Waals surface area contributed by atoms with E-state index in [0.29, 0.717) is 59.6 Å². The van der Waals surface area contributed by atoms with Gasteiger partial charge in [-0.05, 0) is 55.7 Å². The molecule has 0 saturated carbocycles. The number of hydrogen-bond acceptors (Lipinski definition) is 7. The first-order valence-electron chi connectivity index (χ1n) is 11.7. The largest absolute Gasteiger partial charge is 0.493 e. The third-order valence-corrected chi connectivity index (χ3v) is 6.44. The Morgan fingerprint density at radius 1 is 1.08 bits per heavy atom. The number of rotatable bonds is 8. The van der Waals surface area contributed by atoms with Crippen LogP contribution in [0.15, 0.2) is 46.0 Å². The summed E-state index contributed by atoms with van der Waals surface area (Å²) in [5.74, 6) is 1.40. The quantitative estimate of drug-likeness (QED) is 0.443. The number of nitriles is 1. The van der Waals surface area contributed by atoms with Gasteiger partial charge in [-0.1, -0.05) is 6.07 Å². The monoisotopic (exact) mass is 492 g/mol. The minimum absolute atomic E-state index is 0.0286. The standard InChI is InChI=1S/C26H28N4O6/c1-17(14-27)36-20-5-6-22-21(13-20)25(32)29(15-18-4-7-23(34-2)24(12-18)35-3)26(33)30(22)19-8-10-28(16-31)11-9-19/h4-7,12-13,16-17,19H,8-11,15H2,1-3H3. The lowest BCUT2D eigenvalue weighted by Gasteiger charge is -2.31. The van der Waals surface area contributed by atoms with Gasteiger partial charge in [0.2, 0.25) is 6.41 Å². The van der Waals surface area contributed by atoms with Gasteiger partial charge in [-0.15, -0.1) is 0 Å². The fraction of sp³-hybridized carbons (Fsp3) is 0.385. The number of hydrogen-bond donors (Lipinski definition) is 0. The molecule has 10 heteroatoms. The Hall–Kier alpha value is -4.26. The van der Waals surface area contributed by atoms with Crippen molar-refractivity contribution < 1.29 is 19.0 Å². The molecule has 2 heterocycles. The number of methoxy groups -OCH3 is 2. The lowest BCUT2D eigenvalue weighted by Crippen LogP contribution is -2.44. The van der Waals surface area contributed by atoms with E-state index < -0.39 is 17.4 Å². The Bertz CT molecular complexity index is 1430. The van der Waals surface area contributed by atoms with Crippen molar-refractivity contribution in [2.24, 2.45) is 0 Å². The molecule has 1 amide bonds. The molecule has 1 aliphatic heterocycles. The summed E-state index contributed by atoms with van der Waals surface area (Å²) in [6.45, 7) is 2.69. The maximum atomic E-state index is 13.8. The van der Waals surface area contributed by atoms with E-state index in [-0.39, 0.29) is 12.6 Å². The van der Waals surface area contributed by atoms with E-state index >= 15 is 0 Å². The van der Waals surface area contributed by atoms with E-state index in [0.717, 1.165) is 6.41 Å². The summed E-state index contributed by atoms with van der Waals surface area (Å²) in [6.07, 6.45) is 1.29. The maximum Gasteiger partial charge on any atom is 0.332 e. The van der Waals surface area contributed by atoms with Crippen LogP contribution in [0.2, 0.25) is 0 Å². The molecule has 1 atom stereocenters. The molecule has 2 aromatic carbocycles. The third kappa shape index (κ3) is 4.77. The van der Waals surface area contributed by atoms with Gasteiger partial charge >= 0.3 is 5.69 Å². The van der Waals surface area contributed by atoms with Gasteiger partial charge in [0, 0.05) is 19.1 Å². The second-order valence-electron chi connectivity index (χ2n) is 8.67. The van der Waals surface area contributed by atoms with E-state index in [2.05, 4.69) is 0 Å². The van der Waals surface area contributed by atoms with Crippen LogP contribution in [-0.4, -0.2) is 53.9 Å².